The number of sulfonamides is 1. The maximum Gasteiger partial charge on any atom is 0.336 e. The fourth-order valence-electron chi connectivity index (χ4n) is 4.24. The summed E-state index contributed by atoms with van der Waals surface area (Å²) >= 11 is 0. The van der Waals surface area contributed by atoms with Crippen molar-refractivity contribution in [3.8, 4) is 34.1 Å². The van der Waals surface area contributed by atoms with Crippen LogP contribution >= 0.6 is 0 Å². The number of aromatic amines is 1. The molecule has 0 fully saturated rings. The molecule has 0 atom stereocenters. The zero-order valence-electron chi connectivity index (χ0n) is 19.8. The molecule has 0 spiro atoms. The average Bonchev–Trinajstić information content (AvgIpc) is 3.34. The second-order valence-corrected chi connectivity index (χ2v) is 10.3. The van der Waals surface area contributed by atoms with Crippen molar-refractivity contribution in [1.82, 2.24) is 4.98 Å². The van der Waals surface area contributed by atoms with Crippen molar-refractivity contribution in [2.45, 2.75) is 0 Å². The van der Waals surface area contributed by atoms with E-state index in [9.17, 15) is 18.3 Å². The quantitative estimate of drug-likeness (QED) is 0.256. The highest BCUT2D eigenvalue weighted by molar-refractivity contribution is 7.92. The molecule has 1 aromatic heterocycles. The van der Waals surface area contributed by atoms with Gasteiger partial charge in [-0.25, -0.2) is 13.2 Å². The van der Waals surface area contributed by atoms with Crippen LogP contribution in [0.25, 0.3) is 33.2 Å². The molecule has 0 amide bonds. The number of aromatic carboxylic acids is 1. The summed E-state index contributed by atoms with van der Waals surface area (Å²) in [5.74, 6) is 5.32. The third kappa shape index (κ3) is 5.40. The number of hydrogen-bond acceptors (Lipinski definition) is 3. The van der Waals surface area contributed by atoms with E-state index in [-0.39, 0.29) is 5.56 Å². The lowest BCUT2D eigenvalue weighted by atomic mass is 9.93. The van der Waals surface area contributed by atoms with Gasteiger partial charge in [0.1, 0.15) is 0 Å². The first-order valence-electron chi connectivity index (χ1n) is 11.4. The van der Waals surface area contributed by atoms with Gasteiger partial charge >= 0.3 is 5.97 Å². The van der Waals surface area contributed by atoms with E-state index in [2.05, 4.69) is 21.5 Å². The lowest BCUT2D eigenvalue weighted by molar-refractivity contribution is 0.0697. The fraction of sp³-hybridized carbons (Fsp3) is 0.0333. The van der Waals surface area contributed by atoms with E-state index in [1.165, 1.54) is 0 Å². The number of anilines is 1. The first-order valence-corrected chi connectivity index (χ1v) is 13.3. The molecule has 0 bridgehead atoms. The fourth-order valence-corrected chi connectivity index (χ4v) is 4.80. The SMILES string of the molecule is CS(=O)(=O)Nc1cccc(-c2cccc(C#Cc3cccc(C(=O)O)c3-c3ccc4cc[nH]c4c3)c2)c1. The molecule has 5 aromatic rings. The molecular formula is C30H22N2O4S. The van der Waals surface area contributed by atoms with Crippen LogP contribution in [0.4, 0.5) is 5.69 Å². The molecule has 37 heavy (non-hydrogen) atoms. The predicted molar refractivity (Wildman–Crippen MR) is 147 cm³/mol. The summed E-state index contributed by atoms with van der Waals surface area (Å²) in [4.78, 5) is 15.2. The first-order chi connectivity index (χ1) is 17.8. The molecule has 0 aliphatic rings. The Balaban J connectivity index is 1.54. The summed E-state index contributed by atoms with van der Waals surface area (Å²) in [6.07, 6.45) is 2.96. The predicted octanol–water partition coefficient (Wildman–Crippen LogP) is 5.97. The number of carboxylic acids is 1. The van der Waals surface area contributed by atoms with Gasteiger partial charge in [0.05, 0.1) is 11.8 Å². The Labute approximate surface area is 214 Å². The molecule has 0 unspecified atom stereocenters. The highest BCUT2D eigenvalue weighted by Crippen LogP contribution is 2.30. The van der Waals surface area contributed by atoms with E-state index < -0.39 is 16.0 Å². The standard InChI is InChI=1S/C30H22N2O4S/c1-37(35,36)32-26-9-3-8-24(18-26)23-7-2-5-20(17-23)11-12-22-6-4-10-27(30(33)34)29(22)25-14-13-21-15-16-31-28(21)19-25/h2-10,13-19,31-32H,1H3,(H,33,34). The van der Waals surface area contributed by atoms with E-state index in [1.54, 1.807) is 30.3 Å². The number of hydrogen-bond donors (Lipinski definition) is 3. The Hall–Kier alpha value is -4.80. The van der Waals surface area contributed by atoms with Crippen molar-refractivity contribution in [1.29, 1.82) is 0 Å². The number of carbonyl (C=O) groups is 1. The number of H-pyrrole nitrogens is 1. The molecule has 7 heteroatoms. The second kappa shape index (κ2) is 9.69. The van der Waals surface area contributed by atoms with Gasteiger partial charge in [-0.2, -0.15) is 0 Å². The molecule has 3 N–H and O–H groups in total. The minimum absolute atomic E-state index is 0.182. The van der Waals surface area contributed by atoms with Crippen molar-refractivity contribution in [2.75, 3.05) is 11.0 Å². The summed E-state index contributed by atoms with van der Waals surface area (Å²) in [7, 11) is -3.39. The Morgan fingerprint density at radius 2 is 1.59 bits per heavy atom. The van der Waals surface area contributed by atoms with Crippen LogP contribution in [0.3, 0.4) is 0 Å². The van der Waals surface area contributed by atoms with Crippen LogP contribution < -0.4 is 4.72 Å². The highest BCUT2D eigenvalue weighted by atomic mass is 32.2. The van der Waals surface area contributed by atoms with Gasteiger partial charge in [0.15, 0.2) is 0 Å². The van der Waals surface area contributed by atoms with Gasteiger partial charge in [-0.1, -0.05) is 54.3 Å². The zero-order chi connectivity index (χ0) is 26.0. The minimum atomic E-state index is -3.39. The van der Waals surface area contributed by atoms with Gasteiger partial charge in [0, 0.05) is 34.1 Å². The molecule has 4 aromatic carbocycles. The molecule has 5 rings (SSSR count). The van der Waals surface area contributed by atoms with E-state index in [0.29, 0.717) is 16.8 Å². The smallest absolute Gasteiger partial charge is 0.336 e. The number of aromatic nitrogens is 1. The number of rotatable bonds is 5. The number of benzene rings is 4. The average molecular weight is 507 g/mol. The van der Waals surface area contributed by atoms with E-state index in [4.69, 9.17) is 0 Å². The van der Waals surface area contributed by atoms with Crippen molar-refractivity contribution in [3.63, 3.8) is 0 Å². The lowest BCUT2D eigenvalue weighted by Gasteiger charge is -2.10. The summed E-state index contributed by atoms with van der Waals surface area (Å²) in [5.41, 5.74) is 5.96. The van der Waals surface area contributed by atoms with Crippen LogP contribution in [0.1, 0.15) is 21.5 Å². The normalized spacial score (nSPS) is 11.1. The number of fused-ring (bicyclic) bond motifs is 1. The Morgan fingerprint density at radius 1 is 0.838 bits per heavy atom. The van der Waals surface area contributed by atoms with Crippen molar-refractivity contribution >= 4 is 32.6 Å². The van der Waals surface area contributed by atoms with Crippen molar-refractivity contribution in [3.05, 3.63) is 114 Å². The molecule has 0 saturated carbocycles. The van der Waals surface area contributed by atoms with Crippen LogP contribution in [0, 0.1) is 11.8 Å². The maximum atomic E-state index is 12.1. The third-order valence-corrected chi connectivity index (χ3v) is 6.45. The highest BCUT2D eigenvalue weighted by Gasteiger charge is 2.15. The lowest BCUT2D eigenvalue weighted by Crippen LogP contribution is -2.09. The van der Waals surface area contributed by atoms with E-state index in [1.807, 2.05) is 66.9 Å². The molecule has 1 heterocycles. The minimum Gasteiger partial charge on any atom is -0.478 e. The Morgan fingerprint density at radius 3 is 2.38 bits per heavy atom. The second-order valence-electron chi connectivity index (χ2n) is 8.60. The monoisotopic (exact) mass is 506 g/mol. The van der Waals surface area contributed by atoms with Crippen LogP contribution in [0.5, 0.6) is 0 Å². The van der Waals surface area contributed by atoms with Crippen molar-refractivity contribution in [2.24, 2.45) is 0 Å². The Kier molecular flexibility index (Phi) is 6.26. The van der Waals surface area contributed by atoms with Gasteiger partial charge in [-0.05, 0) is 70.6 Å². The van der Waals surface area contributed by atoms with Gasteiger partial charge in [-0.3, -0.25) is 4.72 Å². The van der Waals surface area contributed by atoms with Gasteiger partial charge in [0.25, 0.3) is 0 Å². The third-order valence-electron chi connectivity index (χ3n) is 5.84. The van der Waals surface area contributed by atoms with Crippen LogP contribution in [0.15, 0.2) is 97.2 Å². The molecular weight excluding hydrogens is 484 g/mol. The summed E-state index contributed by atoms with van der Waals surface area (Å²) in [6.45, 7) is 0. The van der Waals surface area contributed by atoms with Gasteiger partial charge in [-0.15, -0.1) is 0 Å². The molecule has 0 radical (unpaired) electrons. The van der Waals surface area contributed by atoms with Gasteiger partial charge < -0.3 is 10.1 Å². The summed E-state index contributed by atoms with van der Waals surface area (Å²) < 4.78 is 25.7. The Bertz CT molecular complexity index is 1830. The van der Waals surface area contributed by atoms with E-state index >= 15 is 0 Å². The molecule has 0 aliphatic carbocycles. The van der Waals surface area contributed by atoms with Crippen LogP contribution in [0.2, 0.25) is 0 Å². The topological polar surface area (TPSA) is 99.3 Å². The largest absolute Gasteiger partial charge is 0.478 e. The van der Waals surface area contributed by atoms with Crippen LogP contribution in [-0.4, -0.2) is 30.7 Å². The molecule has 0 saturated heterocycles. The van der Waals surface area contributed by atoms with Crippen LogP contribution in [-0.2, 0) is 10.0 Å². The first kappa shape index (κ1) is 23.9. The maximum absolute atomic E-state index is 12.1. The van der Waals surface area contributed by atoms with E-state index in [0.717, 1.165) is 39.4 Å². The molecule has 182 valence electrons. The summed E-state index contributed by atoms with van der Waals surface area (Å²) in [6, 6.07) is 27.6. The van der Waals surface area contributed by atoms with Gasteiger partial charge in [0.2, 0.25) is 10.0 Å². The van der Waals surface area contributed by atoms with Crippen molar-refractivity contribution < 1.29 is 18.3 Å². The summed E-state index contributed by atoms with van der Waals surface area (Å²) in [5, 5.41) is 10.9. The number of carboxylic acid groups (broad SMARTS) is 1. The molecule has 6 nitrogen and oxygen atoms in total. The molecule has 0 aliphatic heterocycles. The zero-order valence-corrected chi connectivity index (χ0v) is 20.6. The number of nitrogens with one attached hydrogen (secondary N) is 2.